The molecule has 1 unspecified atom stereocenters. The van der Waals surface area contributed by atoms with Gasteiger partial charge in [0.15, 0.2) is 0 Å². The first-order valence-electron chi connectivity index (χ1n) is 6.43. The highest BCUT2D eigenvalue weighted by Gasteiger charge is 2.34. The van der Waals surface area contributed by atoms with Gasteiger partial charge in [0.2, 0.25) is 5.95 Å². The lowest BCUT2D eigenvalue weighted by atomic mass is 9.77. The molecule has 19 heavy (non-hydrogen) atoms. The second-order valence-electron chi connectivity index (χ2n) is 5.76. The van der Waals surface area contributed by atoms with E-state index in [9.17, 15) is 4.79 Å². The van der Waals surface area contributed by atoms with Gasteiger partial charge in [0.05, 0.1) is 12.5 Å². The van der Waals surface area contributed by atoms with E-state index in [0.29, 0.717) is 12.6 Å². The van der Waals surface area contributed by atoms with Crippen molar-refractivity contribution in [2.45, 2.75) is 33.6 Å². The maximum atomic E-state index is 12.1. The Hall–Kier alpha value is -1.65. The summed E-state index contributed by atoms with van der Waals surface area (Å²) in [5.74, 6) is 0.0418. The van der Waals surface area contributed by atoms with Gasteiger partial charge in [-0.25, -0.2) is 9.97 Å². The molecule has 0 aromatic carbocycles. The van der Waals surface area contributed by atoms with Crippen molar-refractivity contribution >= 4 is 11.9 Å². The molecular formula is C14H23N3O2. The Morgan fingerprint density at radius 3 is 2.21 bits per heavy atom. The van der Waals surface area contributed by atoms with Crippen LogP contribution >= 0.6 is 0 Å². The lowest BCUT2D eigenvalue weighted by molar-refractivity contribution is -0.147. The number of ether oxygens (including phenoxy) is 1. The van der Waals surface area contributed by atoms with Crippen molar-refractivity contribution in [2.75, 3.05) is 25.6 Å². The van der Waals surface area contributed by atoms with Crippen LogP contribution in [0.2, 0.25) is 0 Å². The molecule has 1 aromatic heterocycles. The summed E-state index contributed by atoms with van der Waals surface area (Å²) in [5, 5.41) is 0. The van der Waals surface area contributed by atoms with E-state index in [1.165, 1.54) is 0 Å². The monoisotopic (exact) mass is 265 g/mol. The topological polar surface area (TPSA) is 55.3 Å². The predicted octanol–water partition coefficient (Wildman–Crippen LogP) is 2.24. The first kappa shape index (κ1) is 15.4. The van der Waals surface area contributed by atoms with Crippen LogP contribution in [0.5, 0.6) is 0 Å². The second-order valence-corrected chi connectivity index (χ2v) is 5.76. The number of rotatable bonds is 4. The SMILES string of the molecule is CCOC(=O)C(c1cnc(N(C)C)nc1)C(C)(C)C. The van der Waals surface area contributed by atoms with E-state index in [1.54, 1.807) is 12.4 Å². The molecule has 5 heteroatoms. The van der Waals surface area contributed by atoms with Crippen molar-refractivity contribution < 1.29 is 9.53 Å². The molecule has 1 heterocycles. The fraction of sp³-hybridized carbons (Fsp3) is 0.643. The molecule has 0 amide bonds. The Labute approximate surface area is 115 Å². The highest BCUT2D eigenvalue weighted by atomic mass is 16.5. The normalized spacial score (nSPS) is 12.9. The van der Waals surface area contributed by atoms with E-state index in [1.807, 2.05) is 46.7 Å². The van der Waals surface area contributed by atoms with Gasteiger partial charge in [-0.2, -0.15) is 0 Å². The first-order chi connectivity index (χ1) is 8.77. The van der Waals surface area contributed by atoms with Crippen LogP contribution in [0.4, 0.5) is 5.95 Å². The van der Waals surface area contributed by atoms with E-state index in [2.05, 4.69) is 9.97 Å². The summed E-state index contributed by atoms with van der Waals surface area (Å²) in [6, 6.07) is 0. The van der Waals surface area contributed by atoms with Gasteiger partial charge in [-0.05, 0) is 12.3 Å². The third kappa shape index (κ3) is 3.91. The summed E-state index contributed by atoms with van der Waals surface area (Å²) in [5.41, 5.74) is 0.548. The van der Waals surface area contributed by atoms with Crippen LogP contribution in [-0.4, -0.2) is 36.6 Å². The highest BCUT2D eigenvalue weighted by Crippen LogP contribution is 2.35. The van der Waals surface area contributed by atoms with Gasteiger partial charge in [-0.15, -0.1) is 0 Å². The van der Waals surface area contributed by atoms with Crippen LogP contribution in [0.25, 0.3) is 0 Å². The maximum Gasteiger partial charge on any atom is 0.314 e. The summed E-state index contributed by atoms with van der Waals surface area (Å²) < 4.78 is 5.16. The molecule has 0 saturated carbocycles. The molecule has 0 spiro atoms. The molecule has 1 rings (SSSR count). The maximum absolute atomic E-state index is 12.1. The van der Waals surface area contributed by atoms with Gasteiger partial charge < -0.3 is 9.64 Å². The van der Waals surface area contributed by atoms with Crippen LogP contribution in [0.1, 0.15) is 39.2 Å². The summed E-state index contributed by atoms with van der Waals surface area (Å²) in [6.07, 6.45) is 3.41. The first-order valence-corrected chi connectivity index (χ1v) is 6.43. The molecule has 5 nitrogen and oxygen atoms in total. The zero-order chi connectivity index (χ0) is 14.6. The van der Waals surface area contributed by atoms with Crippen LogP contribution in [0.15, 0.2) is 12.4 Å². The Morgan fingerprint density at radius 2 is 1.84 bits per heavy atom. The van der Waals surface area contributed by atoms with Gasteiger partial charge >= 0.3 is 5.97 Å². The lowest BCUT2D eigenvalue weighted by Gasteiger charge is -2.28. The summed E-state index contributed by atoms with van der Waals surface area (Å²) in [6.45, 7) is 8.21. The average molecular weight is 265 g/mol. The van der Waals surface area contributed by atoms with Gasteiger partial charge in [0.25, 0.3) is 0 Å². The number of hydrogen-bond donors (Lipinski definition) is 0. The third-order valence-corrected chi connectivity index (χ3v) is 2.78. The number of carbonyl (C=O) groups excluding carboxylic acids is 1. The Bertz CT molecular complexity index is 421. The number of anilines is 1. The lowest BCUT2D eigenvalue weighted by Crippen LogP contribution is -2.28. The number of carbonyl (C=O) groups is 1. The standard InChI is InChI=1S/C14H23N3O2/c1-7-19-12(18)11(14(2,3)4)10-8-15-13(16-9-10)17(5)6/h8-9,11H,7H2,1-6H3. The molecule has 0 fully saturated rings. The van der Waals surface area contributed by atoms with Crippen molar-refractivity contribution in [3.8, 4) is 0 Å². The Balaban J connectivity index is 3.08. The molecule has 0 bridgehead atoms. The average Bonchev–Trinajstić information content (AvgIpc) is 2.28. The fourth-order valence-corrected chi connectivity index (χ4v) is 1.93. The van der Waals surface area contributed by atoms with E-state index in [4.69, 9.17) is 4.74 Å². The third-order valence-electron chi connectivity index (χ3n) is 2.78. The van der Waals surface area contributed by atoms with E-state index in [-0.39, 0.29) is 17.3 Å². The Morgan fingerprint density at radius 1 is 1.32 bits per heavy atom. The number of esters is 1. The number of nitrogens with zero attached hydrogens (tertiary/aromatic N) is 3. The zero-order valence-corrected chi connectivity index (χ0v) is 12.6. The minimum absolute atomic E-state index is 0.226. The minimum Gasteiger partial charge on any atom is -0.466 e. The van der Waals surface area contributed by atoms with Crippen LogP contribution in [0, 0.1) is 5.41 Å². The molecule has 1 atom stereocenters. The van der Waals surface area contributed by atoms with Crippen molar-refractivity contribution in [2.24, 2.45) is 5.41 Å². The molecular weight excluding hydrogens is 242 g/mol. The smallest absolute Gasteiger partial charge is 0.314 e. The van der Waals surface area contributed by atoms with Gasteiger partial charge in [0, 0.05) is 32.1 Å². The molecule has 0 aliphatic carbocycles. The molecule has 0 radical (unpaired) electrons. The zero-order valence-electron chi connectivity index (χ0n) is 12.6. The summed E-state index contributed by atoms with van der Waals surface area (Å²) >= 11 is 0. The van der Waals surface area contributed by atoms with Crippen molar-refractivity contribution in [3.63, 3.8) is 0 Å². The van der Waals surface area contributed by atoms with Crippen molar-refractivity contribution in [1.82, 2.24) is 9.97 Å². The van der Waals surface area contributed by atoms with Crippen LogP contribution < -0.4 is 4.90 Å². The predicted molar refractivity (Wildman–Crippen MR) is 75.2 cm³/mol. The van der Waals surface area contributed by atoms with Gasteiger partial charge in [0.1, 0.15) is 0 Å². The summed E-state index contributed by atoms with van der Waals surface area (Å²) in [7, 11) is 3.75. The highest BCUT2D eigenvalue weighted by molar-refractivity contribution is 5.79. The van der Waals surface area contributed by atoms with E-state index >= 15 is 0 Å². The van der Waals surface area contributed by atoms with Gasteiger partial charge in [-0.1, -0.05) is 20.8 Å². The van der Waals surface area contributed by atoms with Crippen LogP contribution in [0.3, 0.4) is 0 Å². The van der Waals surface area contributed by atoms with Crippen molar-refractivity contribution in [3.05, 3.63) is 18.0 Å². The van der Waals surface area contributed by atoms with Crippen LogP contribution in [-0.2, 0) is 9.53 Å². The molecule has 106 valence electrons. The quantitative estimate of drug-likeness (QED) is 0.781. The largest absolute Gasteiger partial charge is 0.466 e. The van der Waals surface area contributed by atoms with Crippen molar-refractivity contribution in [1.29, 1.82) is 0 Å². The molecule has 0 N–H and O–H groups in total. The fourth-order valence-electron chi connectivity index (χ4n) is 1.93. The molecule has 0 aliphatic rings. The number of hydrogen-bond acceptors (Lipinski definition) is 5. The van der Waals surface area contributed by atoms with E-state index in [0.717, 1.165) is 5.56 Å². The van der Waals surface area contributed by atoms with Gasteiger partial charge in [-0.3, -0.25) is 4.79 Å². The number of aromatic nitrogens is 2. The molecule has 1 aromatic rings. The molecule has 0 aliphatic heterocycles. The second kappa shape index (κ2) is 5.99. The molecule has 0 saturated heterocycles. The minimum atomic E-state index is -0.358. The van der Waals surface area contributed by atoms with E-state index < -0.39 is 0 Å². The summed E-state index contributed by atoms with van der Waals surface area (Å²) in [4.78, 5) is 22.5. The Kier molecular flexibility index (Phi) is 4.86.